The maximum absolute atomic E-state index is 11.9. The lowest BCUT2D eigenvalue weighted by molar-refractivity contribution is 0.0948. The van der Waals surface area contributed by atoms with E-state index in [0.717, 1.165) is 11.9 Å². The number of nitrogens with zero attached hydrogens (tertiary/aromatic N) is 1. The van der Waals surface area contributed by atoms with Gasteiger partial charge in [-0.05, 0) is 46.5 Å². The number of H-pyrrole nitrogens is 2. The van der Waals surface area contributed by atoms with Gasteiger partial charge in [0.1, 0.15) is 5.69 Å². The van der Waals surface area contributed by atoms with Crippen molar-refractivity contribution in [2.24, 2.45) is 0 Å². The zero-order chi connectivity index (χ0) is 14.8. The molecule has 1 aromatic carbocycles. The Balaban J connectivity index is 1.65. The molecule has 3 rings (SSSR count). The molecule has 0 saturated carbocycles. The van der Waals surface area contributed by atoms with Crippen molar-refractivity contribution in [3.63, 3.8) is 0 Å². The fourth-order valence-electron chi connectivity index (χ4n) is 2.34. The van der Waals surface area contributed by atoms with Crippen LogP contribution in [-0.2, 0) is 6.42 Å². The van der Waals surface area contributed by atoms with E-state index in [1.807, 2.05) is 6.20 Å². The Hall–Kier alpha value is -2.08. The lowest BCUT2D eigenvalue weighted by Gasteiger charge is -2.04. The molecule has 0 fully saturated rings. The molecule has 3 N–H and O–H groups in total. The fourth-order valence-corrected chi connectivity index (χ4v) is 2.71. The van der Waals surface area contributed by atoms with Gasteiger partial charge in [-0.25, -0.2) is 0 Å². The summed E-state index contributed by atoms with van der Waals surface area (Å²) in [5, 5.41) is 10.6. The highest BCUT2D eigenvalue weighted by molar-refractivity contribution is 9.10. The van der Waals surface area contributed by atoms with E-state index in [4.69, 9.17) is 0 Å². The first-order chi connectivity index (χ1) is 10.1. The number of aromatic amines is 2. The van der Waals surface area contributed by atoms with Crippen LogP contribution in [0, 0.1) is 6.92 Å². The number of amides is 1. The van der Waals surface area contributed by atoms with Crippen LogP contribution in [0.15, 0.2) is 35.1 Å². The molecule has 3 aromatic rings. The van der Waals surface area contributed by atoms with Gasteiger partial charge in [-0.2, -0.15) is 5.10 Å². The summed E-state index contributed by atoms with van der Waals surface area (Å²) in [6.07, 6.45) is 4.35. The topological polar surface area (TPSA) is 73.6 Å². The minimum atomic E-state index is -0.157. The maximum Gasteiger partial charge on any atom is 0.270 e. The van der Waals surface area contributed by atoms with Gasteiger partial charge in [0.2, 0.25) is 0 Å². The highest BCUT2D eigenvalue weighted by Crippen LogP contribution is 2.19. The number of fused-ring (bicyclic) bond motifs is 1. The number of hydrogen-bond donors (Lipinski definition) is 3. The number of aromatic nitrogens is 3. The number of carbonyl (C=O) groups excluding carboxylic acids is 1. The number of carbonyl (C=O) groups is 1. The highest BCUT2D eigenvalue weighted by Gasteiger charge is 2.11. The van der Waals surface area contributed by atoms with E-state index in [-0.39, 0.29) is 5.91 Å². The molecule has 0 aliphatic carbocycles. The van der Waals surface area contributed by atoms with Crippen molar-refractivity contribution in [2.45, 2.75) is 13.3 Å². The second-order valence-corrected chi connectivity index (χ2v) is 5.82. The van der Waals surface area contributed by atoms with Crippen LogP contribution < -0.4 is 5.32 Å². The summed E-state index contributed by atoms with van der Waals surface area (Å²) >= 11 is 3.28. The molecule has 0 radical (unpaired) electrons. The summed E-state index contributed by atoms with van der Waals surface area (Å²) in [4.78, 5) is 15.2. The Morgan fingerprint density at radius 3 is 3.05 bits per heavy atom. The lowest BCUT2D eigenvalue weighted by Crippen LogP contribution is -2.26. The first-order valence-electron chi connectivity index (χ1n) is 6.69. The fraction of sp³-hybridized carbons (Fsp3) is 0.200. The lowest BCUT2D eigenvalue weighted by atomic mass is 10.1. The van der Waals surface area contributed by atoms with Crippen molar-refractivity contribution < 1.29 is 4.79 Å². The molecule has 5 nitrogen and oxygen atoms in total. The van der Waals surface area contributed by atoms with E-state index in [2.05, 4.69) is 61.6 Å². The average molecular weight is 347 g/mol. The van der Waals surface area contributed by atoms with Crippen molar-refractivity contribution in [3.8, 4) is 0 Å². The molecule has 21 heavy (non-hydrogen) atoms. The van der Waals surface area contributed by atoms with Crippen LogP contribution in [0.3, 0.4) is 0 Å². The molecule has 1 amide bonds. The molecular weight excluding hydrogens is 332 g/mol. The van der Waals surface area contributed by atoms with Gasteiger partial charge in [0.05, 0.1) is 10.7 Å². The van der Waals surface area contributed by atoms with E-state index < -0.39 is 0 Å². The van der Waals surface area contributed by atoms with Gasteiger partial charge in [-0.1, -0.05) is 12.1 Å². The Morgan fingerprint density at radius 1 is 1.43 bits per heavy atom. The zero-order valence-electron chi connectivity index (χ0n) is 11.5. The molecule has 0 atom stereocenters. The van der Waals surface area contributed by atoms with E-state index in [1.54, 1.807) is 6.20 Å². The van der Waals surface area contributed by atoms with Crippen LogP contribution in [0.5, 0.6) is 0 Å². The molecule has 0 saturated heterocycles. The second-order valence-electron chi connectivity index (χ2n) is 4.96. The van der Waals surface area contributed by atoms with Gasteiger partial charge >= 0.3 is 0 Å². The predicted molar refractivity (Wildman–Crippen MR) is 85.4 cm³/mol. The average Bonchev–Trinajstić information content (AvgIpc) is 3.05. The summed E-state index contributed by atoms with van der Waals surface area (Å²) in [6.45, 7) is 2.65. The van der Waals surface area contributed by atoms with Crippen molar-refractivity contribution >= 4 is 32.7 Å². The van der Waals surface area contributed by atoms with E-state index in [9.17, 15) is 4.79 Å². The molecule has 0 unspecified atom stereocenters. The van der Waals surface area contributed by atoms with Gasteiger partial charge in [-0.15, -0.1) is 0 Å². The maximum atomic E-state index is 11.9. The summed E-state index contributed by atoms with van der Waals surface area (Å²) in [5.74, 6) is -0.157. The summed E-state index contributed by atoms with van der Waals surface area (Å²) in [6, 6.07) is 6.34. The summed E-state index contributed by atoms with van der Waals surface area (Å²) in [7, 11) is 0. The van der Waals surface area contributed by atoms with E-state index in [1.165, 1.54) is 16.5 Å². The number of hydrogen-bond acceptors (Lipinski definition) is 2. The molecule has 0 aliphatic heterocycles. The molecule has 108 valence electrons. The second kappa shape index (κ2) is 5.73. The SMILES string of the molecule is Cc1ccc2c(CCNC(=O)c3[nH]ncc3Br)c[nH]c2c1. The molecule has 0 aliphatic rings. The van der Waals surface area contributed by atoms with Crippen molar-refractivity contribution in [3.05, 3.63) is 51.9 Å². The van der Waals surface area contributed by atoms with Gasteiger partial charge in [-0.3, -0.25) is 9.89 Å². The monoisotopic (exact) mass is 346 g/mol. The Labute approximate surface area is 130 Å². The molecular formula is C15H15BrN4O. The zero-order valence-corrected chi connectivity index (χ0v) is 13.1. The normalized spacial score (nSPS) is 11.0. The highest BCUT2D eigenvalue weighted by atomic mass is 79.9. The van der Waals surface area contributed by atoms with Crippen LogP contribution in [0.2, 0.25) is 0 Å². The van der Waals surface area contributed by atoms with Crippen LogP contribution in [0.1, 0.15) is 21.6 Å². The predicted octanol–water partition coefficient (Wildman–Crippen LogP) is 2.93. The third-order valence-electron chi connectivity index (χ3n) is 3.42. The molecule has 0 bridgehead atoms. The van der Waals surface area contributed by atoms with Crippen LogP contribution in [-0.4, -0.2) is 27.6 Å². The minimum Gasteiger partial charge on any atom is -0.361 e. The number of benzene rings is 1. The van der Waals surface area contributed by atoms with Gasteiger partial charge in [0.15, 0.2) is 0 Å². The summed E-state index contributed by atoms with van der Waals surface area (Å²) < 4.78 is 0.669. The Morgan fingerprint density at radius 2 is 2.29 bits per heavy atom. The van der Waals surface area contributed by atoms with E-state index in [0.29, 0.717) is 16.7 Å². The van der Waals surface area contributed by atoms with Crippen LogP contribution in [0.25, 0.3) is 10.9 Å². The van der Waals surface area contributed by atoms with Crippen LogP contribution >= 0.6 is 15.9 Å². The minimum absolute atomic E-state index is 0.157. The third-order valence-corrected chi connectivity index (χ3v) is 4.02. The molecule has 6 heteroatoms. The number of nitrogens with one attached hydrogen (secondary N) is 3. The third kappa shape index (κ3) is 2.85. The molecule has 0 spiro atoms. The quantitative estimate of drug-likeness (QED) is 0.679. The summed E-state index contributed by atoms with van der Waals surface area (Å²) in [5.41, 5.74) is 4.01. The number of aryl methyl sites for hydroxylation is 1. The molecule has 2 heterocycles. The Kier molecular flexibility index (Phi) is 3.79. The smallest absolute Gasteiger partial charge is 0.270 e. The van der Waals surface area contributed by atoms with E-state index >= 15 is 0 Å². The molecule has 2 aromatic heterocycles. The van der Waals surface area contributed by atoms with Crippen molar-refractivity contribution in [2.75, 3.05) is 6.54 Å². The first-order valence-corrected chi connectivity index (χ1v) is 7.48. The standard InChI is InChI=1S/C15H15BrN4O/c1-9-2-3-11-10(7-18-13(11)6-9)4-5-17-15(21)14-12(16)8-19-20-14/h2-3,6-8,18H,4-5H2,1H3,(H,17,21)(H,19,20). The van der Waals surface area contributed by atoms with Gasteiger partial charge < -0.3 is 10.3 Å². The van der Waals surface area contributed by atoms with Gasteiger partial charge in [0, 0.05) is 23.6 Å². The van der Waals surface area contributed by atoms with Crippen molar-refractivity contribution in [1.29, 1.82) is 0 Å². The van der Waals surface area contributed by atoms with Crippen LogP contribution in [0.4, 0.5) is 0 Å². The Bertz CT molecular complexity index is 790. The first kappa shape index (κ1) is 13.9. The number of rotatable bonds is 4. The number of halogens is 1. The largest absolute Gasteiger partial charge is 0.361 e. The van der Waals surface area contributed by atoms with Crippen molar-refractivity contribution in [1.82, 2.24) is 20.5 Å². The van der Waals surface area contributed by atoms with Gasteiger partial charge in [0.25, 0.3) is 5.91 Å².